The fourth-order valence-electron chi connectivity index (χ4n) is 2.44. The van der Waals surface area contributed by atoms with E-state index in [1.54, 1.807) is 0 Å². The molecule has 106 valence electrons. The van der Waals surface area contributed by atoms with E-state index in [1.807, 2.05) is 0 Å². The fraction of sp³-hybridized carbons (Fsp3) is 0.647. The minimum Gasteiger partial charge on any atom is -0.352 e. The molecule has 2 nitrogen and oxygen atoms in total. The second kappa shape index (κ2) is 6.06. The summed E-state index contributed by atoms with van der Waals surface area (Å²) in [5.74, 6) is 0.404. The minimum atomic E-state index is -0.0314. The molecule has 2 heteroatoms. The Morgan fingerprint density at radius 2 is 1.68 bits per heavy atom. The molecule has 1 aliphatic rings. The third kappa shape index (κ3) is 4.05. The standard InChI is InChI=1S/C17H26O2/c1-13(16-18-10-5-11-19-16)12-14-6-8-15(9-7-14)17(2,3)4/h6-9,13,16H,5,10-12H2,1-4H3. The molecular formula is C17H26O2. The van der Waals surface area contributed by atoms with Gasteiger partial charge in [-0.2, -0.15) is 0 Å². The van der Waals surface area contributed by atoms with Gasteiger partial charge in [0.1, 0.15) is 0 Å². The first-order valence-corrected chi connectivity index (χ1v) is 7.29. The Balaban J connectivity index is 1.95. The maximum absolute atomic E-state index is 5.67. The van der Waals surface area contributed by atoms with Crippen LogP contribution in [0, 0.1) is 5.92 Å². The van der Waals surface area contributed by atoms with Crippen LogP contribution in [0.2, 0.25) is 0 Å². The molecule has 0 saturated carbocycles. The largest absolute Gasteiger partial charge is 0.352 e. The van der Waals surface area contributed by atoms with Crippen molar-refractivity contribution in [1.29, 1.82) is 0 Å². The van der Waals surface area contributed by atoms with Crippen molar-refractivity contribution in [3.05, 3.63) is 35.4 Å². The van der Waals surface area contributed by atoms with Crippen molar-refractivity contribution in [3.8, 4) is 0 Å². The van der Waals surface area contributed by atoms with Gasteiger partial charge in [0.15, 0.2) is 6.29 Å². The van der Waals surface area contributed by atoms with E-state index in [9.17, 15) is 0 Å². The molecule has 1 aliphatic heterocycles. The van der Waals surface area contributed by atoms with Gasteiger partial charge in [-0.3, -0.25) is 0 Å². The Labute approximate surface area is 117 Å². The van der Waals surface area contributed by atoms with Crippen molar-refractivity contribution in [2.45, 2.75) is 52.2 Å². The van der Waals surface area contributed by atoms with E-state index in [1.165, 1.54) is 11.1 Å². The lowest BCUT2D eigenvalue weighted by Crippen LogP contribution is -2.31. The van der Waals surface area contributed by atoms with Crippen molar-refractivity contribution in [1.82, 2.24) is 0 Å². The van der Waals surface area contributed by atoms with Crippen LogP contribution in [-0.2, 0) is 21.3 Å². The smallest absolute Gasteiger partial charge is 0.160 e. The summed E-state index contributed by atoms with van der Waals surface area (Å²) in [5.41, 5.74) is 2.96. The molecular weight excluding hydrogens is 236 g/mol. The van der Waals surface area contributed by atoms with E-state index in [4.69, 9.17) is 9.47 Å². The molecule has 2 rings (SSSR count). The van der Waals surface area contributed by atoms with Gasteiger partial charge < -0.3 is 9.47 Å². The summed E-state index contributed by atoms with van der Waals surface area (Å²) in [5, 5.41) is 0. The molecule has 0 bridgehead atoms. The fourth-order valence-corrected chi connectivity index (χ4v) is 2.44. The summed E-state index contributed by atoms with van der Waals surface area (Å²) in [6.07, 6.45) is 1.99. The molecule has 1 aromatic rings. The molecule has 1 atom stereocenters. The average molecular weight is 262 g/mol. The second-order valence-electron chi connectivity index (χ2n) is 6.59. The summed E-state index contributed by atoms with van der Waals surface area (Å²) < 4.78 is 11.3. The Bertz CT molecular complexity index is 383. The summed E-state index contributed by atoms with van der Waals surface area (Å²) in [7, 11) is 0. The van der Waals surface area contributed by atoms with Crippen molar-refractivity contribution < 1.29 is 9.47 Å². The second-order valence-corrected chi connectivity index (χ2v) is 6.59. The minimum absolute atomic E-state index is 0.0314. The van der Waals surface area contributed by atoms with Crippen LogP contribution >= 0.6 is 0 Å². The van der Waals surface area contributed by atoms with E-state index in [0.717, 1.165) is 26.1 Å². The topological polar surface area (TPSA) is 18.5 Å². The van der Waals surface area contributed by atoms with Crippen LogP contribution in [0.15, 0.2) is 24.3 Å². The normalized spacial score (nSPS) is 19.4. The Morgan fingerprint density at radius 1 is 1.11 bits per heavy atom. The summed E-state index contributed by atoms with van der Waals surface area (Å²) in [6.45, 7) is 10.6. The van der Waals surface area contributed by atoms with E-state index in [-0.39, 0.29) is 11.7 Å². The molecule has 0 amide bonds. The molecule has 0 aromatic heterocycles. The molecule has 1 heterocycles. The molecule has 0 N–H and O–H groups in total. The van der Waals surface area contributed by atoms with Crippen LogP contribution in [0.3, 0.4) is 0 Å². The SMILES string of the molecule is CC(Cc1ccc(C(C)(C)C)cc1)C1OCCCO1. The van der Waals surface area contributed by atoms with Gasteiger partial charge in [0.2, 0.25) is 0 Å². The number of hydrogen-bond acceptors (Lipinski definition) is 2. The highest BCUT2D eigenvalue weighted by Gasteiger charge is 2.22. The van der Waals surface area contributed by atoms with Gasteiger partial charge in [-0.15, -0.1) is 0 Å². The van der Waals surface area contributed by atoms with Crippen LogP contribution in [0.1, 0.15) is 45.2 Å². The summed E-state index contributed by atoms with van der Waals surface area (Å²) in [4.78, 5) is 0. The zero-order chi connectivity index (χ0) is 13.9. The quantitative estimate of drug-likeness (QED) is 0.822. The number of benzene rings is 1. The predicted octanol–water partition coefficient (Wildman–Crippen LogP) is 3.93. The lowest BCUT2D eigenvalue weighted by Gasteiger charge is -2.28. The average Bonchev–Trinajstić information content (AvgIpc) is 2.39. The van der Waals surface area contributed by atoms with Gasteiger partial charge >= 0.3 is 0 Å². The highest BCUT2D eigenvalue weighted by atomic mass is 16.7. The van der Waals surface area contributed by atoms with Gasteiger partial charge in [0.05, 0.1) is 13.2 Å². The van der Waals surface area contributed by atoms with E-state index in [0.29, 0.717) is 5.92 Å². The number of rotatable bonds is 3. The maximum Gasteiger partial charge on any atom is 0.160 e. The van der Waals surface area contributed by atoms with Crippen molar-refractivity contribution in [2.24, 2.45) is 5.92 Å². The Morgan fingerprint density at radius 3 is 2.21 bits per heavy atom. The lowest BCUT2D eigenvalue weighted by molar-refractivity contribution is -0.201. The van der Waals surface area contributed by atoms with Crippen LogP contribution in [0.5, 0.6) is 0 Å². The van der Waals surface area contributed by atoms with Gasteiger partial charge in [-0.05, 0) is 29.4 Å². The van der Waals surface area contributed by atoms with E-state index < -0.39 is 0 Å². The molecule has 1 unspecified atom stereocenters. The molecule has 0 spiro atoms. The van der Waals surface area contributed by atoms with Crippen LogP contribution in [-0.4, -0.2) is 19.5 Å². The first-order chi connectivity index (χ1) is 8.97. The van der Waals surface area contributed by atoms with Gasteiger partial charge in [-0.1, -0.05) is 52.0 Å². The first-order valence-electron chi connectivity index (χ1n) is 7.29. The number of hydrogen-bond donors (Lipinski definition) is 0. The molecule has 1 aromatic carbocycles. The predicted molar refractivity (Wildman–Crippen MR) is 78.3 cm³/mol. The molecule has 1 fully saturated rings. The van der Waals surface area contributed by atoms with E-state index >= 15 is 0 Å². The summed E-state index contributed by atoms with van der Waals surface area (Å²) >= 11 is 0. The van der Waals surface area contributed by atoms with Crippen molar-refractivity contribution in [2.75, 3.05) is 13.2 Å². The van der Waals surface area contributed by atoms with Crippen molar-refractivity contribution >= 4 is 0 Å². The lowest BCUT2D eigenvalue weighted by atomic mass is 9.86. The Kier molecular flexibility index (Phi) is 4.64. The highest BCUT2D eigenvalue weighted by molar-refractivity contribution is 5.27. The zero-order valence-electron chi connectivity index (χ0n) is 12.6. The van der Waals surface area contributed by atoms with Gasteiger partial charge in [0.25, 0.3) is 0 Å². The van der Waals surface area contributed by atoms with Crippen LogP contribution < -0.4 is 0 Å². The molecule has 0 aliphatic carbocycles. The van der Waals surface area contributed by atoms with Gasteiger partial charge in [0, 0.05) is 5.92 Å². The maximum atomic E-state index is 5.67. The molecule has 19 heavy (non-hydrogen) atoms. The zero-order valence-corrected chi connectivity index (χ0v) is 12.6. The summed E-state index contributed by atoms with van der Waals surface area (Å²) in [6, 6.07) is 8.95. The number of ether oxygens (including phenoxy) is 2. The van der Waals surface area contributed by atoms with Crippen molar-refractivity contribution in [3.63, 3.8) is 0 Å². The van der Waals surface area contributed by atoms with Crippen LogP contribution in [0.25, 0.3) is 0 Å². The third-order valence-corrected chi connectivity index (χ3v) is 3.70. The monoisotopic (exact) mass is 262 g/mol. The molecule has 1 saturated heterocycles. The van der Waals surface area contributed by atoms with E-state index in [2.05, 4.69) is 52.0 Å². The van der Waals surface area contributed by atoms with Crippen LogP contribution in [0.4, 0.5) is 0 Å². The third-order valence-electron chi connectivity index (χ3n) is 3.70. The highest BCUT2D eigenvalue weighted by Crippen LogP contribution is 2.24. The molecule has 0 radical (unpaired) electrons. The Hall–Kier alpha value is -0.860. The first kappa shape index (κ1) is 14.5. The van der Waals surface area contributed by atoms with Gasteiger partial charge in [-0.25, -0.2) is 0 Å².